The van der Waals surface area contributed by atoms with Gasteiger partial charge in [0.1, 0.15) is 11.5 Å². The lowest BCUT2D eigenvalue weighted by atomic mass is 10.1. The number of aromatic nitrogens is 2. The minimum Gasteiger partial charge on any atom is -0.393 e. The lowest BCUT2D eigenvalue weighted by molar-refractivity contribution is -0.0688. The Morgan fingerprint density at radius 2 is 1.77 bits per heavy atom. The number of rotatable bonds is 5. The van der Waals surface area contributed by atoms with Crippen LogP contribution >= 0.6 is 0 Å². The topological polar surface area (TPSA) is 56.0 Å². The van der Waals surface area contributed by atoms with Gasteiger partial charge in [0.2, 0.25) is 0 Å². The molecule has 0 fully saturated rings. The van der Waals surface area contributed by atoms with Gasteiger partial charge in [-0.1, -0.05) is 42.5 Å². The first-order valence-corrected chi connectivity index (χ1v) is 8.99. The number of nitrogens with zero attached hydrogens (tertiary/aromatic N) is 3. The van der Waals surface area contributed by atoms with Crippen molar-refractivity contribution in [1.29, 1.82) is 0 Å². The van der Waals surface area contributed by atoms with Crippen molar-refractivity contribution in [2.75, 3.05) is 0 Å². The second kappa shape index (κ2) is 8.39. The lowest BCUT2D eigenvalue weighted by Crippen LogP contribution is -2.04. The molecule has 2 heterocycles. The molecule has 0 atom stereocenters. The number of carbonyl (C=O) groups excluding carboxylic acids is 1. The van der Waals surface area contributed by atoms with Crippen LogP contribution in [-0.4, -0.2) is 27.9 Å². The molecule has 156 valence electrons. The molecule has 0 N–H and O–H groups in total. The van der Waals surface area contributed by atoms with E-state index < -0.39 is 18.6 Å². The van der Waals surface area contributed by atoms with Gasteiger partial charge in [-0.25, -0.2) is 9.37 Å². The van der Waals surface area contributed by atoms with E-state index in [-0.39, 0.29) is 34.1 Å². The first kappa shape index (κ1) is 20.3. The molecule has 0 saturated heterocycles. The number of hydrogen-bond donors (Lipinski definition) is 0. The molecule has 31 heavy (non-hydrogen) atoms. The monoisotopic (exact) mass is 427 g/mol. The first-order chi connectivity index (χ1) is 14.9. The van der Waals surface area contributed by atoms with Crippen LogP contribution in [0.2, 0.25) is 0 Å². The summed E-state index contributed by atoms with van der Waals surface area (Å²) in [4.78, 5) is 20.3. The lowest BCUT2D eigenvalue weighted by Gasteiger charge is -2.06. The van der Waals surface area contributed by atoms with Crippen molar-refractivity contribution in [3.8, 4) is 11.3 Å². The Bertz CT molecular complexity index is 1290. The Hall–Kier alpha value is -4.01. The minimum absolute atomic E-state index is 0.102. The largest absolute Gasteiger partial charge is 0.393 e. The third-order valence-corrected chi connectivity index (χ3v) is 4.38. The summed E-state index contributed by atoms with van der Waals surface area (Å²) in [7, 11) is 0. The Balaban J connectivity index is 1.90. The van der Waals surface area contributed by atoms with E-state index in [1.54, 1.807) is 30.3 Å². The van der Waals surface area contributed by atoms with Crippen LogP contribution in [0.3, 0.4) is 0 Å². The number of carbonyl (C=O) groups is 1. The van der Waals surface area contributed by atoms with E-state index in [1.807, 2.05) is 0 Å². The van der Waals surface area contributed by atoms with Gasteiger partial charge >= 0.3 is 12.8 Å². The van der Waals surface area contributed by atoms with E-state index in [9.17, 15) is 22.4 Å². The predicted molar refractivity (Wildman–Crippen MR) is 106 cm³/mol. The molecular formula is C22H13F4N3O2. The quantitative estimate of drug-likeness (QED) is 0.181. The summed E-state index contributed by atoms with van der Waals surface area (Å²) in [5, 5.41) is 0. The maximum absolute atomic E-state index is 13.8. The molecule has 0 saturated carbocycles. The third kappa shape index (κ3) is 4.30. The van der Waals surface area contributed by atoms with Crippen molar-refractivity contribution in [2.24, 2.45) is 4.99 Å². The van der Waals surface area contributed by atoms with E-state index in [1.165, 1.54) is 40.9 Å². The van der Waals surface area contributed by atoms with Crippen molar-refractivity contribution in [2.45, 2.75) is 6.61 Å². The standard InChI is InChI=1S/C22H13F4N3O2/c23-16-8-4-7-14(11-16)18-20(28-22(26)31-21(24)25)27-17-10-9-15(12-29(17)18)19(30)13-5-2-1-3-6-13/h1-12,21H/b28-22-. The number of imidazole rings is 1. The Kier molecular flexibility index (Phi) is 5.48. The van der Waals surface area contributed by atoms with Crippen molar-refractivity contribution in [3.63, 3.8) is 0 Å². The number of halogens is 4. The highest BCUT2D eigenvalue weighted by Gasteiger charge is 2.19. The maximum Gasteiger partial charge on any atom is 0.390 e. The highest BCUT2D eigenvalue weighted by Crippen LogP contribution is 2.32. The SMILES string of the molecule is O=C(c1ccccc1)c1ccc2nc(/N=C(/F)OC(F)F)c(-c3cccc(F)c3)n2c1. The molecule has 0 aliphatic rings. The summed E-state index contributed by atoms with van der Waals surface area (Å²) in [6.45, 7) is -3.41. The Morgan fingerprint density at radius 1 is 1.00 bits per heavy atom. The second-order valence-electron chi connectivity index (χ2n) is 6.38. The summed E-state index contributed by atoms with van der Waals surface area (Å²) in [6.07, 6.45) is -0.348. The number of fused-ring (bicyclic) bond motifs is 1. The molecule has 0 bridgehead atoms. The molecule has 0 radical (unpaired) electrons. The van der Waals surface area contributed by atoms with Crippen LogP contribution in [0.15, 0.2) is 77.9 Å². The molecular weight excluding hydrogens is 414 g/mol. The summed E-state index contributed by atoms with van der Waals surface area (Å²) < 4.78 is 57.3. The molecule has 0 aliphatic heterocycles. The van der Waals surface area contributed by atoms with Gasteiger partial charge in [0.15, 0.2) is 11.6 Å². The Morgan fingerprint density at radius 3 is 2.48 bits per heavy atom. The Labute approximate surface area is 173 Å². The zero-order valence-corrected chi connectivity index (χ0v) is 15.7. The number of ketones is 1. The van der Waals surface area contributed by atoms with Crippen molar-refractivity contribution < 1.29 is 27.1 Å². The summed E-state index contributed by atoms with van der Waals surface area (Å²) >= 11 is 0. The van der Waals surface area contributed by atoms with E-state index in [0.29, 0.717) is 5.56 Å². The molecule has 4 rings (SSSR count). The molecule has 5 nitrogen and oxygen atoms in total. The normalized spacial score (nSPS) is 11.8. The van der Waals surface area contributed by atoms with Crippen molar-refractivity contribution >= 4 is 23.4 Å². The summed E-state index contributed by atoms with van der Waals surface area (Å²) in [6, 6.07) is 16.8. The fraction of sp³-hybridized carbons (Fsp3) is 0.0455. The average Bonchev–Trinajstić information content (AvgIpc) is 3.10. The summed E-state index contributed by atoms with van der Waals surface area (Å²) in [5.74, 6) is -1.17. The number of pyridine rings is 1. The van der Waals surface area contributed by atoms with E-state index in [0.717, 1.165) is 6.07 Å². The zero-order chi connectivity index (χ0) is 22.0. The third-order valence-electron chi connectivity index (χ3n) is 4.38. The number of ether oxygens (including phenoxy) is 1. The van der Waals surface area contributed by atoms with Crippen molar-refractivity contribution in [1.82, 2.24) is 9.38 Å². The number of aliphatic imine (C=N–C) groups is 1. The fourth-order valence-electron chi connectivity index (χ4n) is 3.09. The molecule has 0 aliphatic carbocycles. The van der Waals surface area contributed by atoms with Gasteiger partial charge < -0.3 is 4.74 Å². The van der Waals surface area contributed by atoms with Gasteiger partial charge in [0.25, 0.3) is 0 Å². The maximum atomic E-state index is 13.8. The van der Waals surface area contributed by atoms with E-state index >= 15 is 0 Å². The predicted octanol–water partition coefficient (Wildman–Crippen LogP) is 5.57. The number of hydrogen-bond acceptors (Lipinski definition) is 4. The number of alkyl halides is 2. The summed E-state index contributed by atoms with van der Waals surface area (Å²) in [5.41, 5.74) is 1.33. The van der Waals surface area contributed by atoms with Gasteiger partial charge in [-0.3, -0.25) is 9.20 Å². The molecule has 2 aromatic heterocycles. The smallest absolute Gasteiger partial charge is 0.390 e. The molecule has 0 amide bonds. The van der Waals surface area contributed by atoms with Crippen LogP contribution < -0.4 is 0 Å². The second-order valence-corrected chi connectivity index (χ2v) is 6.38. The highest BCUT2D eigenvalue weighted by molar-refractivity contribution is 6.09. The molecule has 0 spiro atoms. The van der Waals surface area contributed by atoms with Gasteiger partial charge in [0.05, 0.1) is 5.69 Å². The first-order valence-electron chi connectivity index (χ1n) is 8.99. The minimum atomic E-state index is -3.41. The average molecular weight is 427 g/mol. The molecule has 9 heteroatoms. The van der Waals surface area contributed by atoms with Crippen LogP contribution in [0.25, 0.3) is 16.9 Å². The van der Waals surface area contributed by atoms with Crippen LogP contribution in [0, 0.1) is 5.82 Å². The van der Waals surface area contributed by atoms with Crippen LogP contribution in [-0.2, 0) is 4.74 Å². The highest BCUT2D eigenvalue weighted by atomic mass is 19.3. The van der Waals surface area contributed by atoms with Crippen molar-refractivity contribution in [3.05, 3.63) is 89.9 Å². The molecule has 0 unspecified atom stereocenters. The van der Waals surface area contributed by atoms with E-state index in [4.69, 9.17) is 0 Å². The molecule has 2 aromatic carbocycles. The zero-order valence-electron chi connectivity index (χ0n) is 15.7. The molecule has 4 aromatic rings. The van der Waals surface area contributed by atoms with Gasteiger partial charge in [-0.05, 0) is 24.3 Å². The number of benzene rings is 2. The van der Waals surface area contributed by atoms with Gasteiger partial charge in [-0.2, -0.15) is 13.8 Å². The van der Waals surface area contributed by atoms with Gasteiger partial charge in [0, 0.05) is 22.9 Å². The van der Waals surface area contributed by atoms with E-state index in [2.05, 4.69) is 14.7 Å². The van der Waals surface area contributed by atoms with Gasteiger partial charge in [-0.15, -0.1) is 4.39 Å². The van der Waals surface area contributed by atoms with Crippen LogP contribution in [0.4, 0.5) is 23.4 Å². The van der Waals surface area contributed by atoms with Crippen LogP contribution in [0.5, 0.6) is 0 Å². The fourth-order valence-corrected chi connectivity index (χ4v) is 3.09. The van der Waals surface area contributed by atoms with Crippen LogP contribution in [0.1, 0.15) is 15.9 Å².